The van der Waals surface area contributed by atoms with Gasteiger partial charge in [-0.3, -0.25) is 4.79 Å². The Morgan fingerprint density at radius 2 is 1.82 bits per heavy atom. The molecule has 1 fully saturated rings. The molecule has 0 bridgehead atoms. The maximum atomic E-state index is 12.6. The van der Waals surface area contributed by atoms with Crippen LogP contribution in [0.5, 0.6) is 0 Å². The summed E-state index contributed by atoms with van der Waals surface area (Å²) in [5, 5.41) is 6.50. The molecule has 0 radical (unpaired) electrons. The van der Waals surface area contributed by atoms with Crippen LogP contribution in [0, 0.1) is 5.92 Å². The van der Waals surface area contributed by atoms with Crippen LogP contribution in [0.15, 0.2) is 48.5 Å². The molecule has 1 aliphatic heterocycles. The normalized spacial score (nSPS) is 16.3. The minimum Gasteiger partial charge on any atom is -0.343 e. The highest BCUT2D eigenvalue weighted by Crippen LogP contribution is 2.28. The molecule has 7 heteroatoms. The van der Waals surface area contributed by atoms with Gasteiger partial charge in [0.05, 0.1) is 5.92 Å². The maximum absolute atomic E-state index is 12.6. The first-order valence-electron chi connectivity index (χ1n) is 11.9. The van der Waals surface area contributed by atoms with E-state index in [9.17, 15) is 9.59 Å². The zero-order valence-corrected chi connectivity index (χ0v) is 20.4. The first kappa shape index (κ1) is 25.1. The average molecular weight is 471 g/mol. The van der Waals surface area contributed by atoms with E-state index in [1.165, 1.54) is 0 Å². The fraction of sp³-hybridized carbons (Fsp3) is 0.462. The van der Waals surface area contributed by atoms with Gasteiger partial charge in [-0.1, -0.05) is 41.9 Å². The highest BCUT2D eigenvalue weighted by molar-refractivity contribution is 6.33. The van der Waals surface area contributed by atoms with E-state index >= 15 is 0 Å². The van der Waals surface area contributed by atoms with Crippen molar-refractivity contribution in [3.8, 4) is 11.1 Å². The Balaban J connectivity index is 1.38. The van der Waals surface area contributed by atoms with Gasteiger partial charge in [-0.25, -0.2) is 4.79 Å². The molecule has 2 aromatic rings. The van der Waals surface area contributed by atoms with E-state index < -0.39 is 0 Å². The minimum atomic E-state index is -0.214. The number of urea groups is 1. The fourth-order valence-corrected chi connectivity index (χ4v) is 4.61. The van der Waals surface area contributed by atoms with Crippen molar-refractivity contribution in [2.45, 2.75) is 33.1 Å². The number of amides is 3. The van der Waals surface area contributed by atoms with E-state index in [-0.39, 0.29) is 17.9 Å². The molecule has 6 nitrogen and oxygen atoms in total. The minimum absolute atomic E-state index is 0.101. The molecule has 0 aromatic heterocycles. The molecule has 2 N–H and O–H groups in total. The van der Waals surface area contributed by atoms with Crippen molar-refractivity contribution < 1.29 is 9.59 Å². The summed E-state index contributed by atoms with van der Waals surface area (Å²) in [6.07, 6.45) is 2.88. The third kappa shape index (κ3) is 7.21. The van der Waals surface area contributed by atoms with Crippen molar-refractivity contribution in [3.63, 3.8) is 0 Å². The van der Waals surface area contributed by atoms with Gasteiger partial charge in [0, 0.05) is 42.5 Å². The monoisotopic (exact) mass is 470 g/mol. The number of anilines is 1. The number of nitrogens with one attached hydrogen (secondary N) is 2. The van der Waals surface area contributed by atoms with Crippen LogP contribution in [0.1, 0.15) is 33.1 Å². The van der Waals surface area contributed by atoms with E-state index in [1.807, 2.05) is 67.3 Å². The van der Waals surface area contributed by atoms with Crippen molar-refractivity contribution in [3.05, 3.63) is 53.6 Å². The summed E-state index contributed by atoms with van der Waals surface area (Å²) in [6, 6.07) is 15.1. The topological polar surface area (TPSA) is 64.7 Å². The van der Waals surface area contributed by atoms with Crippen LogP contribution < -0.4 is 10.6 Å². The lowest BCUT2D eigenvalue weighted by molar-refractivity contribution is -0.136. The number of benzene rings is 2. The number of piperidine rings is 1. The van der Waals surface area contributed by atoms with Crippen LogP contribution in [0.25, 0.3) is 11.1 Å². The Bertz CT molecular complexity index is 915. The van der Waals surface area contributed by atoms with Gasteiger partial charge in [0.15, 0.2) is 0 Å². The maximum Gasteiger partial charge on any atom is 0.319 e. The van der Waals surface area contributed by atoms with Crippen molar-refractivity contribution in [1.29, 1.82) is 0 Å². The van der Waals surface area contributed by atoms with Gasteiger partial charge < -0.3 is 20.4 Å². The van der Waals surface area contributed by atoms with E-state index in [0.717, 1.165) is 68.8 Å². The summed E-state index contributed by atoms with van der Waals surface area (Å²) >= 11 is 6.26. The lowest BCUT2D eigenvalue weighted by atomic mass is 9.96. The third-order valence-corrected chi connectivity index (χ3v) is 6.52. The summed E-state index contributed by atoms with van der Waals surface area (Å²) < 4.78 is 0. The van der Waals surface area contributed by atoms with Gasteiger partial charge >= 0.3 is 6.03 Å². The van der Waals surface area contributed by atoms with Gasteiger partial charge in [0.1, 0.15) is 0 Å². The Labute approximate surface area is 202 Å². The number of carbonyl (C=O) groups excluding carboxylic acids is 2. The van der Waals surface area contributed by atoms with Crippen LogP contribution in [-0.2, 0) is 4.79 Å². The average Bonchev–Trinajstić information content (AvgIpc) is 2.84. The predicted molar refractivity (Wildman–Crippen MR) is 136 cm³/mol. The Kier molecular flexibility index (Phi) is 9.58. The van der Waals surface area contributed by atoms with Crippen LogP contribution in [0.4, 0.5) is 10.5 Å². The SMILES string of the molecule is CCN(CC)C(=O)C1CCCN(CCCNC(=O)Nc2ccc(-c3ccccc3Cl)cc2)C1. The second-order valence-corrected chi connectivity index (χ2v) is 8.85. The number of carbonyl (C=O) groups is 2. The first-order chi connectivity index (χ1) is 16.0. The van der Waals surface area contributed by atoms with Gasteiger partial charge in [0.2, 0.25) is 5.91 Å². The molecule has 0 spiro atoms. The Morgan fingerprint density at radius 3 is 2.52 bits per heavy atom. The highest BCUT2D eigenvalue weighted by Gasteiger charge is 2.27. The standard InChI is InChI=1S/C26H35ClN4O2/c1-3-31(4-2)25(32)21-9-7-17-30(19-21)18-8-16-28-26(33)29-22-14-12-20(13-15-22)23-10-5-6-11-24(23)27/h5-6,10-15,21H,3-4,7-9,16-19H2,1-2H3,(H2,28,29,33). The van der Waals surface area contributed by atoms with Crippen LogP contribution in [0.3, 0.4) is 0 Å². The molecular weight excluding hydrogens is 436 g/mol. The molecule has 0 aliphatic carbocycles. The molecule has 3 amide bonds. The molecule has 1 heterocycles. The molecule has 1 aliphatic rings. The van der Waals surface area contributed by atoms with Crippen LogP contribution in [0.2, 0.25) is 5.02 Å². The second kappa shape index (κ2) is 12.6. The van der Waals surface area contributed by atoms with E-state index in [4.69, 9.17) is 11.6 Å². The molecule has 0 saturated carbocycles. The summed E-state index contributed by atoms with van der Waals surface area (Å²) in [5.74, 6) is 0.381. The predicted octanol–water partition coefficient (Wildman–Crippen LogP) is 5.10. The van der Waals surface area contributed by atoms with Gasteiger partial charge in [-0.2, -0.15) is 0 Å². The number of likely N-dealkylation sites (tertiary alicyclic amines) is 1. The number of rotatable bonds is 9. The van der Waals surface area contributed by atoms with Crippen molar-refractivity contribution in [2.75, 3.05) is 44.6 Å². The Morgan fingerprint density at radius 1 is 1.09 bits per heavy atom. The molecule has 1 atom stereocenters. The number of halogens is 1. The summed E-state index contributed by atoms with van der Waals surface area (Å²) in [4.78, 5) is 29.2. The van der Waals surface area contributed by atoms with Crippen LogP contribution >= 0.6 is 11.6 Å². The lowest BCUT2D eigenvalue weighted by Gasteiger charge is -2.34. The summed E-state index contributed by atoms with van der Waals surface area (Å²) in [5.41, 5.74) is 2.71. The lowest BCUT2D eigenvalue weighted by Crippen LogP contribution is -2.45. The highest BCUT2D eigenvalue weighted by atomic mass is 35.5. The molecule has 2 aromatic carbocycles. The second-order valence-electron chi connectivity index (χ2n) is 8.44. The van der Waals surface area contributed by atoms with Gasteiger partial charge in [-0.15, -0.1) is 0 Å². The molecule has 3 rings (SSSR count). The van der Waals surface area contributed by atoms with E-state index in [2.05, 4.69) is 15.5 Å². The summed E-state index contributed by atoms with van der Waals surface area (Å²) in [6.45, 7) is 8.92. The summed E-state index contributed by atoms with van der Waals surface area (Å²) in [7, 11) is 0. The van der Waals surface area contributed by atoms with Crippen molar-refractivity contribution in [2.24, 2.45) is 5.92 Å². The third-order valence-electron chi connectivity index (χ3n) is 6.19. The van der Waals surface area contributed by atoms with Gasteiger partial charge in [-0.05, 0) is 70.0 Å². The number of hydrogen-bond acceptors (Lipinski definition) is 3. The molecule has 1 unspecified atom stereocenters. The van der Waals surface area contributed by atoms with Crippen LogP contribution in [-0.4, -0.2) is 61.0 Å². The fourth-order valence-electron chi connectivity index (χ4n) is 4.36. The number of hydrogen-bond donors (Lipinski definition) is 2. The van der Waals surface area contributed by atoms with E-state index in [0.29, 0.717) is 11.6 Å². The Hall–Kier alpha value is -2.57. The quantitative estimate of drug-likeness (QED) is 0.501. The molecule has 1 saturated heterocycles. The largest absolute Gasteiger partial charge is 0.343 e. The van der Waals surface area contributed by atoms with Gasteiger partial charge in [0.25, 0.3) is 0 Å². The molecule has 33 heavy (non-hydrogen) atoms. The smallest absolute Gasteiger partial charge is 0.319 e. The van der Waals surface area contributed by atoms with Crippen molar-refractivity contribution in [1.82, 2.24) is 15.1 Å². The number of nitrogens with zero attached hydrogens (tertiary/aromatic N) is 2. The zero-order chi connectivity index (χ0) is 23.6. The first-order valence-corrected chi connectivity index (χ1v) is 12.3. The zero-order valence-electron chi connectivity index (χ0n) is 19.6. The molecular formula is C26H35ClN4O2. The van der Waals surface area contributed by atoms with Crippen molar-refractivity contribution >= 4 is 29.2 Å². The molecule has 178 valence electrons. The van der Waals surface area contributed by atoms with E-state index in [1.54, 1.807) is 0 Å².